The number of hydrogen-bond donors (Lipinski definition) is 1. The Labute approximate surface area is 103 Å². The molecule has 1 rings (SSSR count). The van der Waals surface area contributed by atoms with Crippen molar-refractivity contribution in [2.24, 2.45) is 5.41 Å². The number of hydrogen-bond acceptors (Lipinski definition) is 2. The number of rotatable bonds is 7. The summed E-state index contributed by atoms with van der Waals surface area (Å²) in [7, 11) is 0. The molecule has 0 aliphatic heterocycles. The van der Waals surface area contributed by atoms with E-state index in [1.807, 2.05) is 17.8 Å². The molecule has 1 aromatic carbocycles. The van der Waals surface area contributed by atoms with Crippen LogP contribution in [0.1, 0.15) is 33.1 Å². The standard InChI is InChI=1S/C14H22OS/c1-3-14(4-2,12-15)10-11-16-13-8-6-5-7-9-13/h5-9,15H,3-4,10-12H2,1-2H3. The van der Waals surface area contributed by atoms with Crippen LogP contribution in [0.25, 0.3) is 0 Å². The van der Waals surface area contributed by atoms with Crippen LogP contribution in [0, 0.1) is 5.41 Å². The van der Waals surface area contributed by atoms with E-state index in [2.05, 4.69) is 38.1 Å². The smallest absolute Gasteiger partial charge is 0.0487 e. The maximum Gasteiger partial charge on any atom is 0.0487 e. The maximum atomic E-state index is 9.46. The molecule has 0 fully saturated rings. The van der Waals surface area contributed by atoms with Gasteiger partial charge in [-0.3, -0.25) is 0 Å². The molecule has 1 nitrogen and oxygen atoms in total. The van der Waals surface area contributed by atoms with Gasteiger partial charge in [-0.1, -0.05) is 32.0 Å². The van der Waals surface area contributed by atoms with Gasteiger partial charge < -0.3 is 5.11 Å². The monoisotopic (exact) mass is 238 g/mol. The Hall–Kier alpha value is -0.470. The van der Waals surface area contributed by atoms with Crippen molar-refractivity contribution in [3.63, 3.8) is 0 Å². The van der Waals surface area contributed by atoms with Gasteiger partial charge in [-0.25, -0.2) is 0 Å². The van der Waals surface area contributed by atoms with Crippen LogP contribution < -0.4 is 0 Å². The molecule has 0 aliphatic carbocycles. The second-order valence-corrected chi connectivity index (χ2v) is 5.45. The largest absolute Gasteiger partial charge is 0.396 e. The molecule has 0 amide bonds. The molecule has 0 bridgehead atoms. The predicted molar refractivity (Wildman–Crippen MR) is 71.9 cm³/mol. The number of thioether (sulfide) groups is 1. The van der Waals surface area contributed by atoms with Crippen molar-refractivity contribution < 1.29 is 5.11 Å². The Bertz CT molecular complexity index is 272. The summed E-state index contributed by atoms with van der Waals surface area (Å²) in [6.07, 6.45) is 3.22. The fourth-order valence-corrected chi connectivity index (χ4v) is 2.93. The molecular weight excluding hydrogens is 216 g/mol. The van der Waals surface area contributed by atoms with Crippen molar-refractivity contribution >= 4 is 11.8 Å². The van der Waals surface area contributed by atoms with Crippen LogP contribution in [0.2, 0.25) is 0 Å². The Morgan fingerprint density at radius 2 is 1.75 bits per heavy atom. The van der Waals surface area contributed by atoms with Crippen LogP contribution in [0.5, 0.6) is 0 Å². The van der Waals surface area contributed by atoms with Crippen LogP contribution >= 0.6 is 11.8 Å². The highest BCUT2D eigenvalue weighted by Gasteiger charge is 2.24. The molecule has 90 valence electrons. The van der Waals surface area contributed by atoms with Crippen LogP contribution in [-0.2, 0) is 0 Å². The molecule has 0 saturated carbocycles. The van der Waals surface area contributed by atoms with Crippen LogP contribution in [0.3, 0.4) is 0 Å². The first-order valence-corrected chi connectivity index (χ1v) is 7.03. The third kappa shape index (κ3) is 3.84. The van der Waals surface area contributed by atoms with Gasteiger partial charge in [0.15, 0.2) is 0 Å². The summed E-state index contributed by atoms with van der Waals surface area (Å²) < 4.78 is 0. The summed E-state index contributed by atoms with van der Waals surface area (Å²) in [6, 6.07) is 10.5. The van der Waals surface area contributed by atoms with Crippen molar-refractivity contribution in [2.75, 3.05) is 12.4 Å². The van der Waals surface area contributed by atoms with E-state index in [1.165, 1.54) is 4.90 Å². The molecule has 0 spiro atoms. The van der Waals surface area contributed by atoms with E-state index in [-0.39, 0.29) is 5.41 Å². The van der Waals surface area contributed by atoms with E-state index >= 15 is 0 Å². The van der Waals surface area contributed by atoms with E-state index in [1.54, 1.807) is 0 Å². The topological polar surface area (TPSA) is 20.2 Å². The van der Waals surface area contributed by atoms with Gasteiger partial charge in [0, 0.05) is 11.5 Å². The van der Waals surface area contributed by atoms with Gasteiger partial charge >= 0.3 is 0 Å². The first-order chi connectivity index (χ1) is 7.76. The van der Waals surface area contributed by atoms with Crippen molar-refractivity contribution in [2.45, 2.75) is 38.0 Å². The average Bonchev–Trinajstić information content (AvgIpc) is 2.37. The lowest BCUT2D eigenvalue weighted by atomic mass is 9.81. The molecule has 16 heavy (non-hydrogen) atoms. The summed E-state index contributed by atoms with van der Waals surface area (Å²) in [5.74, 6) is 1.09. The minimum absolute atomic E-state index is 0.141. The zero-order valence-electron chi connectivity index (χ0n) is 10.3. The molecule has 0 aliphatic rings. The number of aliphatic hydroxyl groups is 1. The Kier molecular flexibility index (Phi) is 5.93. The number of aliphatic hydroxyl groups excluding tert-OH is 1. The Morgan fingerprint density at radius 1 is 1.12 bits per heavy atom. The highest BCUT2D eigenvalue weighted by Crippen LogP contribution is 2.32. The third-order valence-corrected chi connectivity index (χ3v) is 4.49. The molecular formula is C14H22OS. The van der Waals surface area contributed by atoms with Gasteiger partial charge in [0.25, 0.3) is 0 Å². The van der Waals surface area contributed by atoms with Gasteiger partial charge in [0.05, 0.1) is 0 Å². The van der Waals surface area contributed by atoms with Crippen molar-refractivity contribution in [3.8, 4) is 0 Å². The van der Waals surface area contributed by atoms with Crippen molar-refractivity contribution in [1.29, 1.82) is 0 Å². The summed E-state index contributed by atoms with van der Waals surface area (Å²) in [4.78, 5) is 1.32. The van der Waals surface area contributed by atoms with Crippen LogP contribution in [0.4, 0.5) is 0 Å². The molecule has 0 heterocycles. The van der Waals surface area contributed by atoms with Crippen molar-refractivity contribution in [1.82, 2.24) is 0 Å². The Balaban J connectivity index is 2.39. The fraction of sp³-hybridized carbons (Fsp3) is 0.571. The molecule has 0 radical (unpaired) electrons. The van der Waals surface area contributed by atoms with Crippen LogP contribution in [0.15, 0.2) is 35.2 Å². The molecule has 1 N–H and O–H groups in total. The minimum Gasteiger partial charge on any atom is -0.396 e. The fourth-order valence-electron chi connectivity index (χ4n) is 1.81. The van der Waals surface area contributed by atoms with Gasteiger partial charge in [-0.2, -0.15) is 0 Å². The normalized spacial score (nSPS) is 11.7. The molecule has 0 unspecified atom stereocenters. The summed E-state index contributed by atoms with van der Waals surface area (Å²) in [5.41, 5.74) is 0.141. The maximum absolute atomic E-state index is 9.46. The zero-order valence-corrected chi connectivity index (χ0v) is 11.1. The average molecular weight is 238 g/mol. The van der Waals surface area contributed by atoms with E-state index in [4.69, 9.17) is 0 Å². The van der Waals surface area contributed by atoms with Gasteiger partial charge in [-0.15, -0.1) is 11.8 Å². The Morgan fingerprint density at radius 3 is 2.25 bits per heavy atom. The summed E-state index contributed by atoms with van der Waals surface area (Å²) in [6.45, 7) is 4.66. The second kappa shape index (κ2) is 6.97. The highest BCUT2D eigenvalue weighted by atomic mass is 32.2. The van der Waals surface area contributed by atoms with E-state index in [9.17, 15) is 5.11 Å². The molecule has 0 atom stereocenters. The predicted octanol–water partition coefficient (Wildman–Crippen LogP) is 3.97. The second-order valence-electron chi connectivity index (χ2n) is 4.28. The van der Waals surface area contributed by atoms with E-state index < -0.39 is 0 Å². The minimum atomic E-state index is 0.141. The molecule has 1 aromatic rings. The lowest BCUT2D eigenvalue weighted by Gasteiger charge is -2.29. The summed E-state index contributed by atoms with van der Waals surface area (Å²) >= 11 is 1.88. The third-order valence-electron chi connectivity index (χ3n) is 3.48. The first kappa shape index (κ1) is 13.6. The highest BCUT2D eigenvalue weighted by molar-refractivity contribution is 7.99. The zero-order chi connectivity index (χ0) is 11.9. The SMILES string of the molecule is CCC(CC)(CO)CCSc1ccccc1. The summed E-state index contributed by atoms with van der Waals surface area (Å²) in [5, 5.41) is 9.46. The van der Waals surface area contributed by atoms with Gasteiger partial charge in [-0.05, 0) is 42.6 Å². The van der Waals surface area contributed by atoms with Crippen LogP contribution in [-0.4, -0.2) is 17.5 Å². The quantitative estimate of drug-likeness (QED) is 0.725. The van der Waals surface area contributed by atoms with Gasteiger partial charge in [0.2, 0.25) is 0 Å². The lowest BCUT2D eigenvalue weighted by molar-refractivity contribution is 0.112. The van der Waals surface area contributed by atoms with Gasteiger partial charge in [0.1, 0.15) is 0 Å². The van der Waals surface area contributed by atoms with E-state index in [0.717, 1.165) is 25.0 Å². The molecule has 0 aromatic heterocycles. The lowest BCUT2D eigenvalue weighted by Crippen LogP contribution is -2.24. The molecule has 0 saturated heterocycles. The first-order valence-electron chi connectivity index (χ1n) is 6.05. The van der Waals surface area contributed by atoms with Crippen molar-refractivity contribution in [3.05, 3.63) is 30.3 Å². The molecule has 2 heteroatoms. The van der Waals surface area contributed by atoms with E-state index in [0.29, 0.717) is 6.61 Å². The number of benzene rings is 1.